The zero-order valence-electron chi connectivity index (χ0n) is 12.1. The van der Waals surface area contributed by atoms with Crippen molar-refractivity contribution in [1.82, 2.24) is 0 Å². The summed E-state index contributed by atoms with van der Waals surface area (Å²) < 4.78 is 17.4. The normalized spacial score (nSPS) is 23.5. The number of halogens is 1. The highest BCUT2D eigenvalue weighted by atomic mass is 79.9. The second-order valence-electron chi connectivity index (χ2n) is 5.52. The van der Waals surface area contributed by atoms with Crippen molar-refractivity contribution in [2.45, 2.75) is 32.3 Å². The second kappa shape index (κ2) is 6.36. The number of Topliss-reactive ketones (excluding diaryl/α,β-unsaturated/α-hetero) is 1. The van der Waals surface area contributed by atoms with E-state index in [1.807, 2.05) is 13.0 Å². The Morgan fingerprint density at radius 1 is 1.29 bits per heavy atom. The number of ether oxygens (including phenoxy) is 3. The van der Waals surface area contributed by atoms with Gasteiger partial charge in [0.05, 0.1) is 6.10 Å². The van der Waals surface area contributed by atoms with Gasteiger partial charge in [0.2, 0.25) is 0 Å². The molecular formula is C16H19BrO4. The molecule has 0 amide bonds. The van der Waals surface area contributed by atoms with Crippen molar-refractivity contribution in [3.63, 3.8) is 0 Å². The number of carbonyl (C=O) groups is 1. The lowest BCUT2D eigenvalue weighted by Crippen LogP contribution is -2.32. The number of carbonyl (C=O) groups excluding carboxylic acids is 1. The van der Waals surface area contributed by atoms with Crippen molar-refractivity contribution in [2.24, 2.45) is 5.92 Å². The third-order valence-corrected chi connectivity index (χ3v) is 4.66. The maximum absolute atomic E-state index is 12.5. The van der Waals surface area contributed by atoms with E-state index in [1.165, 1.54) is 0 Å². The fraction of sp³-hybridized carbons (Fsp3) is 0.562. The first kappa shape index (κ1) is 14.9. The van der Waals surface area contributed by atoms with Gasteiger partial charge in [-0.15, -0.1) is 0 Å². The molecule has 1 aliphatic carbocycles. The summed E-state index contributed by atoms with van der Waals surface area (Å²) in [7, 11) is 0. The van der Waals surface area contributed by atoms with Crippen LogP contribution in [0.15, 0.2) is 16.6 Å². The van der Waals surface area contributed by atoms with Crippen LogP contribution in [0.3, 0.4) is 0 Å². The number of hydrogen-bond acceptors (Lipinski definition) is 4. The number of hydrogen-bond donors (Lipinski definition) is 0. The average molecular weight is 355 g/mol. The first-order chi connectivity index (χ1) is 10.2. The van der Waals surface area contributed by atoms with Gasteiger partial charge in [-0.3, -0.25) is 4.79 Å². The smallest absolute Gasteiger partial charge is 0.164 e. The fourth-order valence-corrected chi connectivity index (χ4v) is 3.41. The zero-order valence-corrected chi connectivity index (χ0v) is 13.6. The first-order valence-electron chi connectivity index (χ1n) is 7.41. The van der Waals surface area contributed by atoms with Gasteiger partial charge in [-0.2, -0.15) is 0 Å². The molecule has 3 rings (SSSR count). The predicted octanol–water partition coefficient (Wildman–Crippen LogP) is 3.61. The van der Waals surface area contributed by atoms with E-state index in [2.05, 4.69) is 15.9 Å². The standard InChI is InChI=1S/C16H19BrO4/c1-2-19-11-5-10(6-11)7-14(18)12-8-15-16(9-13(12)17)21-4-3-20-15/h8-11H,2-7H2,1H3. The quantitative estimate of drug-likeness (QED) is 0.757. The maximum Gasteiger partial charge on any atom is 0.164 e. The minimum Gasteiger partial charge on any atom is -0.486 e. The van der Waals surface area contributed by atoms with Crippen molar-refractivity contribution in [2.75, 3.05) is 19.8 Å². The van der Waals surface area contributed by atoms with Crippen molar-refractivity contribution < 1.29 is 19.0 Å². The highest BCUT2D eigenvalue weighted by molar-refractivity contribution is 9.10. The Kier molecular flexibility index (Phi) is 4.50. The molecule has 0 aromatic heterocycles. The average Bonchev–Trinajstić information content (AvgIpc) is 2.44. The van der Waals surface area contributed by atoms with Crippen LogP contribution in [0.1, 0.15) is 36.5 Å². The Bertz CT molecular complexity index is 537. The van der Waals surface area contributed by atoms with Gasteiger partial charge in [-0.25, -0.2) is 0 Å². The summed E-state index contributed by atoms with van der Waals surface area (Å²) in [5, 5.41) is 0. The van der Waals surface area contributed by atoms with E-state index in [4.69, 9.17) is 14.2 Å². The van der Waals surface area contributed by atoms with Crippen LogP contribution < -0.4 is 9.47 Å². The number of rotatable bonds is 5. The van der Waals surface area contributed by atoms with Crippen LogP contribution in [0.2, 0.25) is 0 Å². The van der Waals surface area contributed by atoms with Gasteiger partial charge in [-0.05, 0) is 53.7 Å². The number of fused-ring (bicyclic) bond motifs is 1. The first-order valence-corrected chi connectivity index (χ1v) is 8.20. The Morgan fingerprint density at radius 2 is 1.95 bits per heavy atom. The Labute approximate surface area is 132 Å². The molecule has 0 saturated heterocycles. The third kappa shape index (κ3) is 3.24. The Balaban J connectivity index is 1.65. The highest BCUT2D eigenvalue weighted by Crippen LogP contribution is 2.38. The molecule has 1 heterocycles. The Morgan fingerprint density at radius 3 is 2.62 bits per heavy atom. The summed E-state index contributed by atoms with van der Waals surface area (Å²) in [5.74, 6) is 1.95. The van der Waals surface area contributed by atoms with E-state index in [-0.39, 0.29) is 5.78 Å². The summed E-state index contributed by atoms with van der Waals surface area (Å²) in [6.07, 6.45) is 2.89. The van der Waals surface area contributed by atoms with Crippen molar-refractivity contribution in [1.29, 1.82) is 0 Å². The van der Waals surface area contributed by atoms with Gasteiger partial charge in [0.15, 0.2) is 17.3 Å². The molecule has 0 radical (unpaired) electrons. The third-order valence-electron chi connectivity index (χ3n) is 4.00. The molecule has 2 aliphatic rings. The molecule has 0 unspecified atom stereocenters. The molecule has 0 N–H and O–H groups in total. The summed E-state index contributed by atoms with van der Waals surface area (Å²) >= 11 is 3.46. The van der Waals surface area contributed by atoms with E-state index in [0.717, 1.165) is 23.9 Å². The van der Waals surface area contributed by atoms with E-state index in [9.17, 15) is 4.79 Å². The SMILES string of the molecule is CCOC1CC(CC(=O)c2cc3c(cc2Br)OCCO3)C1. The highest BCUT2D eigenvalue weighted by Gasteiger charge is 2.32. The minimum absolute atomic E-state index is 0.152. The summed E-state index contributed by atoms with van der Waals surface area (Å²) in [6, 6.07) is 3.62. The number of ketones is 1. The largest absolute Gasteiger partial charge is 0.486 e. The van der Waals surface area contributed by atoms with Crippen LogP contribution in [-0.4, -0.2) is 31.7 Å². The molecule has 1 fully saturated rings. The minimum atomic E-state index is 0.152. The van der Waals surface area contributed by atoms with Crippen LogP contribution in [-0.2, 0) is 4.74 Å². The van der Waals surface area contributed by atoms with Gasteiger partial charge in [0.1, 0.15) is 13.2 Å². The van der Waals surface area contributed by atoms with Gasteiger partial charge in [0, 0.05) is 23.1 Å². The van der Waals surface area contributed by atoms with E-state index >= 15 is 0 Å². The zero-order chi connectivity index (χ0) is 14.8. The second-order valence-corrected chi connectivity index (χ2v) is 6.37. The molecule has 1 saturated carbocycles. The van der Waals surface area contributed by atoms with E-state index in [1.54, 1.807) is 6.07 Å². The van der Waals surface area contributed by atoms with Crippen molar-refractivity contribution in [3.8, 4) is 11.5 Å². The molecule has 1 aromatic rings. The molecule has 0 bridgehead atoms. The lowest BCUT2D eigenvalue weighted by molar-refractivity contribution is -0.0246. The topological polar surface area (TPSA) is 44.8 Å². The van der Waals surface area contributed by atoms with Crippen LogP contribution in [0.5, 0.6) is 11.5 Å². The van der Waals surface area contributed by atoms with Gasteiger partial charge in [0.25, 0.3) is 0 Å². The fourth-order valence-electron chi connectivity index (χ4n) is 2.86. The molecule has 4 nitrogen and oxygen atoms in total. The van der Waals surface area contributed by atoms with Crippen LogP contribution in [0.4, 0.5) is 0 Å². The molecule has 114 valence electrons. The molecule has 5 heteroatoms. The van der Waals surface area contributed by atoms with Gasteiger partial charge >= 0.3 is 0 Å². The molecule has 0 atom stereocenters. The lowest BCUT2D eigenvalue weighted by atomic mass is 9.78. The van der Waals surface area contributed by atoms with Crippen LogP contribution in [0.25, 0.3) is 0 Å². The van der Waals surface area contributed by atoms with Gasteiger partial charge in [-0.1, -0.05) is 0 Å². The van der Waals surface area contributed by atoms with Crippen LogP contribution >= 0.6 is 15.9 Å². The molecule has 0 spiro atoms. The lowest BCUT2D eigenvalue weighted by Gasteiger charge is -2.34. The van der Waals surface area contributed by atoms with Crippen LogP contribution in [0, 0.1) is 5.92 Å². The Hall–Kier alpha value is -1.07. The van der Waals surface area contributed by atoms with Crippen molar-refractivity contribution in [3.05, 3.63) is 22.2 Å². The molecular weight excluding hydrogens is 336 g/mol. The summed E-state index contributed by atoms with van der Waals surface area (Å²) in [4.78, 5) is 12.5. The van der Waals surface area contributed by atoms with Crippen molar-refractivity contribution >= 4 is 21.7 Å². The number of benzene rings is 1. The van der Waals surface area contributed by atoms with E-state index < -0.39 is 0 Å². The monoisotopic (exact) mass is 354 g/mol. The predicted molar refractivity (Wildman–Crippen MR) is 82.2 cm³/mol. The summed E-state index contributed by atoms with van der Waals surface area (Å²) in [6.45, 7) is 3.83. The molecule has 1 aliphatic heterocycles. The molecule has 21 heavy (non-hydrogen) atoms. The maximum atomic E-state index is 12.5. The molecule has 1 aromatic carbocycles. The van der Waals surface area contributed by atoms with Gasteiger partial charge < -0.3 is 14.2 Å². The summed E-state index contributed by atoms with van der Waals surface area (Å²) in [5.41, 5.74) is 0.680. The van der Waals surface area contributed by atoms with E-state index in [0.29, 0.717) is 48.7 Å².